The molecule has 2 aromatic carbocycles. The van der Waals surface area contributed by atoms with E-state index < -0.39 is 33.1 Å². The summed E-state index contributed by atoms with van der Waals surface area (Å²) >= 11 is 0. The van der Waals surface area contributed by atoms with Crippen LogP contribution in [0.3, 0.4) is 0 Å². The van der Waals surface area contributed by atoms with E-state index in [0.717, 1.165) is 0 Å². The Bertz CT molecular complexity index is 1290. The molecule has 0 aromatic heterocycles. The second kappa shape index (κ2) is 13.4. The van der Waals surface area contributed by atoms with Crippen LogP contribution in [0, 0.1) is 0 Å². The third kappa shape index (κ3) is 6.60. The van der Waals surface area contributed by atoms with Crippen LogP contribution in [0.4, 0.5) is 0 Å². The summed E-state index contributed by atoms with van der Waals surface area (Å²) in [6.07, 6.45) is 0.136. The molecule has 2 aromatic rings. The number of carbonyl (C=O) groups excluding carboxylic acids is 2. The van der Waals surface area contributed by atoms with Crippen LogP contribution in [0.1, 0.15) is 36.2 Å². The van der Waals surface area contributed by atoms with E-state index in [1.165, 1.54) is 26.2 Å². The van der Waals surface area contributed by atoms with E-state index in [2.05, 4.69) is 0 Å². The maximum atomic E-state index is 15.2. The fourth-order valence-electron chi connectivity index (χ4n) is 4.90. The van der Waals surface area contributed by atoms with Gasteiger partial charge in [0.1, 0.15) is 17.2 Å². The Kier molecular flexibility index (Phi) is 10.6. The molecule has 1 aliphatic heterocycles. The molecule has 0 aliphatic carbocycles. The van der Waals surface area contributed by atoms with Gasteiger partial charge in [-0.1, -0.05) is 18.2 Å². The number of nitrogens with zero attached hydrogens (tertiary/aromatic N) is 1. The van der Waals surface area contributed by atoms with Gasteiger partial charge < -0.3 is 32.6 Å². The van der Waals surface area contributed by atoms with Crippen molar-refractivity contribution < 1.29 is 41.8 Å². The molecule has 224 valence electrons. The van der Waals surface area contributed by atoms with Crippen molar-refractivity contribution in [3.8, 4) is 11.5 Å². The van der Waals surface area contributed by atoms with Crippen LogP contribution in [0.15, 0.2) is 59.8 Å². The van der Waals surface area contributed by atoms with E-state index in [-0.39, 0.29) is 37.4 Å². The third-order valence-electron chi connectivity index (χ3n) is 6.38. The molecule has 0 fully saturated rings. The largest absolute Gasteiger partial charge is 0.497 e. The molecule has 1 amide bonds. The van der Waals surface area contributed by atoms with Crippen molar-refractivity contribution >= 4 is 27.8 Å². The number of benzene rings is 2. The van der Waals surface area contributed by atoms with Crippen LogP contribution in [-0.4, -0.2) is 66.2 Å². The van der Waals surface area contributed by atoms with Crippen molar-refractivity contribution in [1.29, 1.82) is 0 Å². The van der Waals surface area contributed by atoms with Crippen molar-refractivity contribution in [2.45, 2.75) is 45.3 Å². The Labute approximate surface area is 243 Å². The highest BCUT2D eigenvalue weighted by molar-refractivity contribution is 7.55. The van der Waals surface area contributed by atoms with Crippen molar-refractivity contribution in [2.24, 2.45) is 0 Å². The zero-order valence-corrected chi connectivity index (χ0v) is 26.9. The lowest BCUT2D eigenvalue weighted by Crippen LogP contribution is -2.44. The predicted octanol–water partition coefficient (Wildman–Crippen LogP) is 5.95. The Morgan fingerprint density at radius 3 is 1.95 bits per heavy atom. The first kappa shape index (κ1) is 32.6. The van der Waals surface area contributed by atoms with Crippen LogP contribution in [-0.2, 0) is 32.9 Å². The van der Waals surface area contributed by atoms with Gasteiger partial charge in [0.2, 0.25) is 5.34 Å². The zero-order chi connectivity index (χ0) is 30.4. The smallest absolute Gasteiger partial charge is 0.370 e. The summed E-state index contributed by atoms with van der Waals surface area (Å²) in [6, 6.07) is 13.6. The Morgan fingerprint density at radius 2 is 1.49 bits per heavy atom. The van der Waals surface area contributed by atoms with E-state index in [9.17, 15) is 9.59 Å². The number of hydrogen-bond donors (Lipinski definition) is 0. The van der Waals surface area contributed by atoms with Gasteiger partial charge in [0, 0.05) is 29.3 Å². The zero-order valence-electron chi connectivity index (χ0n) is 25.0. The SMILES string of the molecule is CCOP(=O)(OCC)C(O[Si](C)(C)C)(C1=C(C(=O)OC)N(C(=O)c2ccccc2)CC1)c1cc(OC)cc(OC)c1. The van der Waals surface area contributed by atoms with Gasteiger partial charge in [0.05, 0.1) is 34.5 Å². The minimum atomic E-state index is -4.31. The monoisotopic (exact) mass is 605 g/mol. The van der Waals surface area contributed by atoms with Gasteiger partial charge >= 0.3 is 13.6 Å². The predicted molar refractivity (Wildman–Crippen MR) is 158 cm³/mol. The number of methoxy groups -OCH3 is 3. The molecule has 0 bridgehead atoms. The average molecular weight is 606 g/mol. The normalized spacial score (nSPS) is 15.5. The summed E-state index contributed by atoms with van der Waals surface area (Å²) in [5.74, 6) is -0.385. The number of hydrogen-bond acceptors (Lipinski definition) is 9. The molecule has 0 N–H and O–H groups in total. The Hall–Kier alpha value is -2.95. The second-order valence-electron chi connectivity index (χ2n) is 10.2. The quantitative estimate of drug-likeness (QED) is 0.155. The number of esters is 1. The maximum Gasteiger partial charge on any atom is 0.370 e. The summed E-state index contributed by atoms with van der Waals surface area (Å²) < 4.78 is 50.4. The summed E-state index contributed by atoms with van der Waals surface area (Å²) in [5.41, 5.74) is 0.914. The highest BCUT2D eigenvalue weighted by atomic mass is 31.2. The first-order valence-corrected chi connectivity index (χ1v) is 18.4. The first-order chi connectivity index (χ1) is 19.4. The molecule has 12 heteroatoms. The molecular weight excluding hydrogens is 565 g/mol. The summed E-state index contributed by atoms with van der Waals surface area (Å²) in [4.78, 5) is 28.7. The number of ether oxygens (including phenoxy) is 3. The Morgan fingerprint density at radius 1 is 0.927 bits per heavy atom. The van der Waals surface area contributed by atoms with E-state index in [1.807, 2.05) is 19.6 Å². The molecule has 0 spiro atoms. The topological polar surface area (TPSA) is 110 Å². The summed E-state index contributed by atoms with van der Waals surface area (Å²) in [5, 5.41) is -1.94. The molecule has 0 saturated heterocycles. The highest BCUT2D eigenvalue weighted by Crippen LogP contribution is 2.71. The lowest BCUT2D eigenvalue weighted by Gasteiger charge is -2.44. The van der Waals surface area contributed by atoms with Crippen molar-refractivity contribution in [3.63, 3.8) is 0 Å². The van der Waals surface area contributed by atoms with Crippen molar-refractivity contribution in [1.82, 2.24) is 4.90 Å². The lowest BCUT2D eigenvalue weighted by molar-refractivity contribution is -0.137. The van der Waals surface area contributed by atoms with Crippen LogP contribution >= 0.6 is 7.60 Å². The molecule has 0 radical (unpaired) electrons. The van der Waals surface area contributed by atoms with Crippen LogP contribution in [0.2, 0.25) is 19.6 Å². The van der Waals surface area contributed by atoms with Gasteiger partial charge in [-0.25, -0.2) is 4.79 Å². The molecule has 41 heavy (non-hydrogen) atoms. The lowest BCUT2D eigenvalue weighted by atomic mass is 9.97. The molecule has 3 rings (SSSR count). The third-order valence-corrected chi connectivity index (χ3v) is 10.1. The molecule has 0 saturated carbocycles. The molecule has 1 heterocycles. The average Bonchev–Trinajstić information content (AvgIpc) is 3.40. The van der Waals surface area contributed by atoms with Gasteiger partial charge in [0.25, 0.3) is 5.91 Å². The van der Waals surface area contributed by atoms with E-state index in [4.69, 9.17) is 27.7 Å². The van der Waals surface area contributed by atoms with E-state index in [0.29, 0.717) is 22.6 Å². The minimum absolute atomic E-state index is 0.0304. The standard InChI is InChI=1S/C29H40NO9PSi/c1-9-37-40(33,38-10-2)29(39-41(6,7)8,22-18-23(34-3)20-24(19-22)35-4)25-16-17-30(26(25)28(32)36-5)27(31)21-14-12-11-13-15-21/h11-15,18-20H,9-10,16-17H2,1-8H3. The maximum absolute atomic E-state index is 15.2. The molecule has 1 aliphatic rings. The van der Waals surface area contributed by atoms with Gasteiger partial charge in [-0.3, -0.25) is 9.36 Å². The molecule has 1 unspecified atom stereocenters. The van der Waals surface area contributed by atoms with Crippen molar-refractivity contribution in [2.75, 3.05) is 41.1 Å². The summed E-state index contributed by atoms with van der Waals surface area (Å²) in [6.45, 7) is 9.37. The summed E-state index contributed by atoms with van der Waals surface area (Å²) in [7, 11) is -2.73. The van der Waals surface area contributed by atoms with Crippen molar-refractivity contribution in [3.05, 3.63) is 70.9 Å². The van der Waals surface area contributed by atoms with Crippen LogP contribution < -0.4 is 9.47 Å². The van der Waals surface area contributed by atoms with Crippen LogP contribution in [0.25, 0.3) is 0 Å². The molecular formula is C29H40NO9PSi. The minimum Gasteiger partial charge on any atom is -0.497 e. The molecule has 10 nitrogen and oxygen atoms in total. The first-order valence-electron chi connectivity index (χ1n) is 13.4. The number of amides is 1. The fourth-order valence-corrected chi connectivity index (χ4v) is 9.40. The van der Waals surface area contributed by atoms with Gasteiger partial charge in [-0.05, 0) is 64.2 Å². The van der Waals surface area contributed by atoms with E-state index >= 15 is 4.57 Å². The highest BCUT2D eigenvalue weighted by Gasteiger charge is 2.61. The van der Waals surface area contributed by atoms with Gasteiger partial charge in [-0.2, -0.15) is 0 Å². The van der Waals surface area contributed by atoms with Gasteiger partial charge in [-0.15, -0.1) is 0 Å². The Balaban J connectivity index is 2.53. The van der Waals surface area contributed by atoms with Gasteiger partial charge in [0.15, 0.2) is 8.32 Å². The van der Waals surface area contributed by atoms with E-state index in [1.54, 1.807) is 62.4 Å². The number of carbonyl (C=O) groups is 2. The second-order valence-corrected chi connectivity index (χ2v) is 16.8. The number of rotatable bonds is 13. The molecule has 1 atom stereocenters. The fraction of sp³-hybridized carbons (Fsp3) is 0.448. The van der Waals surface area contributed by atoms with Crippen LogP contribution in [0.5, 0.6) is 11.5 Å².